The van der Waals surface area contributed by atoms with Gasteiger partial charge in [0.25, 0.3) is 0 Å². The van der Waals surface area contributed by atoms with Crippen LogP contribution in [-0.2, 0) is 11.2 Å². The van der Waals surface area contributed by atoms with E-state index < -0.39 is 0 Å². The Hall–Kier alpha value is -1.35. The first kappa shape index (κ1) is 15.0. The summed E-state index contributed by atoms with van der Waals surface area (Å²) < 4.78 is 0. The zero-order valence-electron chi connectivity index (χ0n) is 12.7. The first-order valence-corrected chi connectivity index (χ1v) is 7.76. The summed E-state index contributed by atoms with van der Waals surface area (Å²) in [5.41, 5.74) is 2.16. The van der Waals surface area contributed by atoms with Gasteiger partial charge in [-0.25, -0.2) is 0 Å². The Bertz CT molecular complexity index is 450. The van der Waals surface area contributed by atoms with Crippen molar-refractivity contribution in [1.29, 1.82) is 0 Å². The average Bonchev–Trinajstić information content (AvgIpc) is 2.48. The Balaban J connectivity index is 2.01. The normalized spacial score (nSPS) is 17.7. The van der Waals surface area contributed by atoms with Gasteiger partial charge >= 0.3 is 0 Å². The molecule has 20 heavy (non-hydrogen) atoms. The van der Waals surface area contributed by atoms with Gasteiger partial charge in [0.2, 0.25) is 5.91 Å². The number of carbonyl (C=O) groups is 1. The lowest BCUT2D eigenvalue weighted by Gasteiger charge is -2.36. The first-order chi connectivity index (χ1) is 9.69. The van der Waals surface area contributed by atoms with Crippen LogP contribution in [0.15, 0.2) is 24.3 Å². The van der Waals surface area contributed by atoms with E-state index in [9.17, 15) is 4.79 Å². The molecule has 0 radical (unpaired) electrons. The first-order valence-electron chi connectivity index (χ1n) is 7.76. The zero-order valence-corrected chi connectivity index (χ0v) is 12.7. The van der Waals surface area contributed by atoms with Gasteiger partial charge < -0.3 is 10.6 Å². The lowest BCUT2D eigenvalue weighted by Crippen LogP contribution is -2.47. The fourth-order valence-electron chi connectivity index (χ4n) is 3.20. The Morgan fingerprint density at radius 2 is 1.90 bits per heavy atom. The Morgan fingerprint density at radius 3 is 2.55 bits per heavy atom. The molecule has 0 aromatic heterocycles. The summed E-state index contributed by atoms with van der Waals surface area (Å²) in [4.78, 5) is 12.4. The van der Waals surface area contributed by atoms with Crippen LogP contribution in [0.3, 0.4) is 0 Å². The predicted octanol–water partition coefficient (Wildman–Crippen LogP) is 3.50. The van der Waals surface area contributed by atoms with E-state index in [2.05, 4.69) is 23.6 Å². The summed E-state index contributed by atoms with van der Waals surface area (Å²) in [6.07, 6.45) is 7.46. The molecule has 1 aromatic rings. The molecule has 0 heterocycles. The highest BCUT2D eigenvalue weighted by atomic mass is 16.1. The van der Waals surface area contributed by atoms with E-state index in [4.69, 9.17) is 0 Å². The van der Waals surface area contributed by atoms with Gasteiger partial charge in [-0.2, -0.15) is 0 Å². The third-order valence-corrected chi connectivity index (χ3v) is 4.51. The van der Waals surface area contributed by atoms with E-state index in [1.807, 2.05) is 25.2 Å². The number of amides is 1. The average molecular weight is 274 g/mol. The number of benzene rings is 1. The highest BCUT2D eigenvalue weighted by molar-refractivity contribution is 5.92. The number of hydrogen-bond donors (Lipinski definition) is 2. The highest BCUT2D eigenvalue weighted by Crippen LogP contribution is 2.31. The van der Waals surface area contributed by atoms with Crippen molar-refractivity contribution in [2.75, 3.05) is 12.4 Å². The molecule has 1 amide bonds. The fourth-order valence-corrected chi connectivity index (χ4v) is 3.20. The van der Waals surface area contributed by atoms with E-state index in [-0.39, 0.29) is 11.4 Å². The number of anilines is 1. The van der Waals surface area contributed by atoms with Gasteiger partial charge in [-0.3, -0.25) is 4.79 Å². The number of carbonyl (C=O) groups excluding carboxylic acids is 1. The molecule has 0 atom stereocenters. The summed E-state index contributed by atoms with van der Waals surface area (Å²) in [6, 6.07) is 8.06. The minimum Gasteiger partial charge on any atom is -0.326 e. The SMILES string of the molecule is CCc1ccccc1NC(=O)CC1(NC)CCCCC1. The molecule has 3 heteroatoms. The number of para-hydroxylation sites is 1. The van der Waals surface area contributed by atoms with Gasteiger partial charge in [0, 0.05) is 17.6 Å². The number of aryl methyl sites for hydroxylation is 1. The third kappa shape index (κ3) is 3.60. The maximum Gasteiger partial charge on any atom is 0.226 e. The van der Waals surface area contributed by atoms with Gasteiger partial charge in [-0.15, -0.1) is 0 Å². The minimum absolute atomic E-state index is 0.00346. The van der Waals surface area contributed by atoms with E-state index in [0.29, 0.717) is 6.42 Å². The molecule has 0 spiro atoms. The lowest BCUT2D eigenvalue weighted by atomic mass is 9.79. The molecule has 1 aliphatic carbocycles. The largest absolute Gasteiger partial charge is 0.326 e. The van der Waals surface area contributed by atoms with Gasteiger partial charge in [-0.05, 0) is 37.9 Å². The van der Waals surface area contributed by atoms with Crippen molar-refractivity contribution in [3.8, 4) is 0 Å². The molecule has 0 bridgehead atoms. The minimum atomic E-state index is 0.00346. The van der Waals surface area contributed by atoms with Crippen LogP contribution in [0.25, 0.3) is 0 Å². The van der Waals surface area contributed by atoms with Gasteiger partial charge in [-0.1, -0.05) is 44.4 Å². The summed E-state index contributed by atoms with van der Waals surface area (Å²) in [6.45, 7) is 2.11. The Kier molecular flexibility index (Phi) is 5.18. The van der Waals surface area contributed by atoms with Crippen molar-refractivity contribution < 1.29 is 4.79 Å². The Labute approximate surface area is 122 Å². The molecule has 2 rings (SSSR count). The number of rotatable bonds is 5. The van der Waals surface area contributed by atoms with Crippen LogP contribution in [0.4, 0.5) is 5.69 Å². The van der Waals surface area contributed by atoms with E-state index in [1.165, 1.54) is 24.8 Å². The monoisotopic (exact) mass is 274 g/mol. The van der Waals surface area contributed by atoms with Crippen LogP contribution < -0.4 is 10.6 Å². The van der Waals surface area contributed by atoms with Crippen LogP contribution in [0.1, 0.15) is 51.0 Å². The zero-order chi connectivity index (χ0) is 14.4. The van der Waals surface area contributed by atoms with Crippen molar-refractivity contribution in [1.82, 2.24) is 5.32 Å². The number of nitrogens with one attached hydrogen (secondary N) is 2. The Morgan fingerprint density at radius 1 is 1.20 bits per heavy atom. The van der Waals surface area contributed by atoms with Crippen LogP contribution in [0, 0.1) is 0 Å². The second kappa shape index (κ2) is 6.89. The van der Waals surface area contributed by atoms with E-state index in [0.717, 1.165) is 24.9 Å². The van der Waals surface area contributed by atoms with Crippen LogP contribution >= 0.6 is 0 Å². The molecule has 1 saturated carbocycles. The quantitative estimate of drug-likeness (QED) is 0.863. The summed E-state index contributed by atoms with van der Waals surface area (Å²) in [7, 11) is 1.98. The topological polar surface area (TPSA) is 41.1 Å². The molecule has 1 aliphatic rings. The standard InChI is InChI=1S/C17H26N2O/c1-3-14-9-5-6-10-15(14)19-16(20)13-17(18-2)11-7-4-8-12-17/h5-6,9-10,18H,3-4,7-8,11-13H2,1-2H3,(H,19,20). The smallest absolute Gasteiger partial charge is 0.226 e. The fraction of sp³-hybridized carbons (Fsp3) is 0.588. The molecule has 2 N–H and O–H groups in total. The van der Waals surface area contributed by atoms with Crippen LogP contribution in [-0.4, -0.2) is 18.5 Å². The maximum absolute atomic E-state index is 12.4. The molecular formula is C17H26N2O. The molecule has 0 unspecified atom stereocenters. The lowest BCUT2D eigenvalue weighted by molar-refractivity contribution is -0.117. The molecule has 1 aromatic carbocycles. The van der Waals surface area contributed by atoms with Crippen molar-refractivity contribution in [3.05, 3.63) is 29.8 Å². The second-order valence-electron chi connectivity index (χ2n) is 5.83. The highest BCUT2D eigenvalue weighted by Gasteiger charge is 2.32. The molecular weight excluding hydrogens is 248 g/mol. The molecule has 1 fully saturated rings. The van der Waals surface area contributed by atoms with E-state index in [1.54, 1.807) is 0 Å². The van der Waals surface area contributed by atoms with Crippen molar-refractivity contribution in [2.45, 2.75) is 57.4 Å². The van der Waals surface area contributed by atoms with Crippen LogP contribution in [0.2, 0.25) is 0 Å². The van der Waals surface area contributed by atoms with Gasteiger partial charge in [0.15, 0.2) is 0 Å². The maximum atomic E-state index is 12.4. The van der Waals surface area contributed by atoms with Crippen LogP contribution in [0.5, 0.6) is 0 Å². The number of hydrogen-bond acceptors (Lipinski definition) is 2. The third-order valence-electron chi connectivity index (χ3n) is 4.51. The molecule has 0 aliphatic heterocycles. The van der Waals surface area contributed by atoms with Crippen molar-refractivity contribution in [3.63, 3.8) is 0 Å². The van der Waals surface area contributed by atoms with Crippen molar-refractivity contribution in [2.24, 2.45) is 0 Å². The summed E-state index contributed by atoms with van der Waals surface area (Å²) in [5, 5.41) is 6.49. The molecule has 0 saturated heterocycles. The second-order valence-corrected chi connectivity index (χ2v) is 5.83. The summed E-state index contributed by atoms with van der Waals surface area (Å²) >= 11 is 0. The predicted molar refractivity (Wildman–Crippen MR) is 83.9 cm³/mol. The summed E-state index contributed by atoms with van der Waals surface area (Å²) in [5.74, 6) is 0.127. The van der Waals surface area contributed by atoms with Crippen molar-refractivity contribution >= 4 is 11.6 Å². The molecule has 3 nitrogen and oxygen atoms in total. The van der Waals surface area contributed by atoms with Gasteiger partial charge in [0.1, 0.15) is 0 Å². The van der Waals surface area contributed by atoms with E-state index >= 15 is 0 Å². The molecule has 110 valence electrons. The van der Waals surface area contributed by atoms with Gasteiger partial charge in [0.05, 0.1) is 0 Å².